The van der Waals surface area contributed by atoms with Crippen LogP contribution in [0.3, 0.4) is 0 Å². The number of hydrogen-bond acceptors (Lipinski definition) is 3. The number of piperazine rings is 1. The molecule has 28 heavy (non-hydrogen) atoms. The zero-order valence-corrected chi connectivity index (χ0v) is 16.8. The summed E-state index contributed by atoms with van der Waals surface area (Å²) >= 11 is 0. The zero-order chi connectivity index (χ0) is 19.9. The van der Waals surface area contributed by atoms with Crippen LogP contribution in [0.15, 0.2) is 48.5 Å². The first kappa shape index (κ1) is 20.1. The molecule has 2 aromatic rings. The van der Waals surface area contributed by atoms with Gasteiger partial charge in [0.1, 0.15) is 0 Å². The third-order valence-corrected chi connectivity index (χ3v) is 5.39. The molecule has 0 aliphatic carbocycles. The van der Waals surface area contributed by atoms with Gasteiger partial charge in [-0.2, -0.15) is 0 Å². The Balaban J connectivity index is 1.55. The molecule has 0 aromatic heterocycles. The smallest absolute Gasteiger partial charge is 0.246 e. The molecule has 0 bridgehead atoms. The van der Waals surface area contributed by atoms with Crippen LogP contribution in [0.2, 0.25) is 0 Å². The van der Waals surface area contributed by atoms with Crippen LogP contribution in [-0.4, -0.2) is 72.3 Å². The lowest BCUT2D eigenvalue weighted by molar-refractivity contribution is -0.133. The van der Waals surface area contributed by atoms with Gasteiger partial charge >= 0.3 is 0 Å². The largest absolute Gasteiger partial charge is 0.342 e. The number of fused-ring (bicyclic) bond motifs is 1. The van der Waals surface area contributed by atoms with Crippen molar-refractivity contribution >= 4 is 28.7 Å². The van der Waals surface area contributed by atoms with Gasteiger partial charge in [-0.05, 0) is 36.3 Å². The molecule has 5 heteroatoms. The van der Waals surface area contributed by atoms with E-state index in [9.17, 15) is 9.59 Å². The third kappa shape index (κ3) is 4.78. The number of hydrogen-bond donors (Lipinski definition) is 0. The summed E-state index contributed by atoms with van der Waals surface area (Å²) in [6.45, 7) is 8.71. The summed E-state index contributed by atoms with van der Waals surface area (Å²) < 4.78 is 0. The molecule has 2 aromatic carbocycles. The van der Waals surface area contributed by atoms with Crippen molar-refractivity contribution in [1.29, 1.82) is 0 Å². The van der Waals surface area contributed by atoms with Gasteiger partial charge in [0, 0.05) is 45.3 Å². The van der Waals surface area contributed by atoms with E-state index in [2.05, 4.69) is 23.1 Å². The fourth-order valence-electron chi connectivity index (χ4n) is 3.66. The van der Waals surface area contributed by atoms with Crippen LogP contribution in [0, 0.1) is 0 Å². The topological polar surface area (TPSA) is 43.9 Å². The maximum absolute atomic E-state index is 12.6. The summed E-state index contributed by atoms with van der Waals surface area (Å²) in [6, 6.07) is 14.3. The van der Waals surface area contributed by atoms with Gasteiger partial charge in [0.25, 0.3) is 0 Å². The molecule has 0 atom stereocenters. The van der Waals surface area contributed by atoms with Crippen molar-refractivity contribution in [3.8, 4) is 0 Å². The first-order valence-corrected chi connectivity index (χ1v) is 10.1. The number of nitrogens with zero attached hydrogens (tertiary/aromatic N) is 3. The molecule has 5 nitrogen and oxygen atoms in total. The molecule has 148 valence electrons. The second kappa shape index (κ2) is 9.51. The predicted octanol–water partition coefficient (Wildman–Crippen LogP) is 2.87. The van der Waals surface area contributed by atoms with E-state index in [4.69, 9.17) is 0 Å². The lowest BCUT2D eigenvalue weighted by Crippen LogP contribution is -2.51. The second-order valence-corrected chi connectivity index (χ2v) is 7.07. The molecule has 1 saturated heterocycles. The average molecular weight is 380 g/mol. The minimum atomic E-state index is 0.0302. The summed E-state index contributed by atoms with van der Waals surface area (Å²) in [5, 5.41) is 2.32. The minimum absolute atomic E-state index is 0.0302. The van der Waals surface area contributed by atoms with Gasteiger partial charge in [0.15, 0.2) is 0 Å². The van der Waals surface area contributed by atoms with Crippen molar-refractivity contribution in [1.82, 2.24) is 14.7 Å². The fourth-order valence-corrected chi connectivity index (χ4v) is 3.66. The molecule has 2 amide bonds. The Morgan fingerprint density at radius 1 is 0.964 bits per heavy atom. The summed E-state index contributed by atoms with van der Waals surface area (Å²) in [7, 11) is 0. The normalized spacial score (nSPS) is 15.3. The highest BCUT2D eigenvalue weighted by Crippen LogP contribution is 2.19. The van der Waals surface area contributed by atoms with Crippen LogP contribution < -0.4 is 0 Å². The van der Waals surface area contributed by atoms with Gasteiger partial charge in [0.05, 0.1) is 6.54 Å². The monoisotopic (exact) mass is 379 g/mol. The van der Waals surface area contributed by atoms with Crippen LogP contribution in [-0.2, 0) is 9.59 Å². The molecular weight excluding hydrogens is 350 g/mol. The standard InChI is InChI=1S/C23H29N3O2/c1-3-25(4-2)23(28)18-24-14-16-26(17-15-24)22(27)13-12-20-10-7-9-19-8-5-6-11-21(19)20/h5-13H,3-4,14-18H2,1-2H3/b13-12+. The zero-order valence-electron chi connectivity index (χ0n) is 16.8. The Morgan fingerprint density at radius 2 is 1.64 bits per heavy atom. The summed E-state index contributed by atoms with van der Waals surface area (Å²) in [5.41, 5.74) is 1.05. The quantitative estimate of drug-likeness (QED) is 0.725. The SMILES string of the molecule is CCN(CC)C(=O)CN1CCN(C(=O)/C=C/c2cccc3ccccc23)CC1. The highest BCUT2D eigenvalue weighted by molar-refractivity contribution is 5.96. The van der Waals surface area contributed by atoms with E-state index in [1.807, 2.05) is 54.0 Å². The van der Waals surface area contributed by atoms with Crippen LogP contribution in [0.4, 0.5) is 0 Å². The van der Waals surface area contributed by atoms with Gasteiger partial charge < -0.3 is 9.80 Å². The molecule has 0 saturated carbocycles. The lowest BCUT2D eigenvalue weighted by atomic mass is 10.0. The fraction of sp³-hybridized carbons (Fsp3) is 0.391. The van der Waals surface area contributed by atoms with E-state index in [1.54, 1.807) is 6.08 Å². The Morgan fingerprint density at radius 3 is 2.36 bits per heavy atom. The van der Waals surface area contributed by atoms with Crippen molar-refractivity contribution < 1.29 is 9.59 Å². The molecule has 1 aliphatic heterocycles. The molecular formula is C23H29N3O2. The highest BCUT2D eigenvalue weighted by atomic mass is 16.2. The molecule has 0 unspecified atom stereocenters. The van der Waals surface area contributed by atoms with E-state index in [0.717, 1.165) is 37.1 Å². The van der Waals surface area contributed by atoms with E-state index >= 15 is 0 Å². The van der Waals surface area contributed by atoms with Gasteiger partial charge in [-0.15, -0.1) is 0 Å². The molecule has 1 aliphatic rings. The van der Waals surface area contributed by atoms with Gasteiger partial charge in [-0.25, -0.2) is 0 Å². The summed E-state index contributed by atoms with van der Waals surface area (Å²) in [5.74, 6) is 0.197. The third-order valence-electron chi connectivity index (χ3n) is 5.39. The number of rotatable bonds is 6. The molecule has 0 N–H and O–H groups in total. The van der Waals surface area contributed by atoms with Crippen molar-refractivity contribution in [2.45, 2.75) is 13.8 Å². The number of amides is 2. The van der Waals surface area contributed by atoms with Crippen molar-refractivity contribution in [3.05, 3.63) is 54.1 Å². The first-order valence-electron chi connectivity index (χ1n) is 10.1. The predicted molar refractivity (Wildman–Crippen MR) is 114 cm³/mol. The molecule has 1 fully saturated rings. The van der Waals surface area contributed by atoms with Crippen LogP contribution >= 0.6 is 0 Å². The maximum atomic E-state index is 12.6. The Kier molecular flexibility index (Phi) is 6.82. The van der Waals surface area contributed by atoms with E-state index in [1.165, 1.54) is 5.39 Å². The van der Waals surface area contributed by atoms with Crippen LogP contribution in [0.5, 0.6) is 0 Å². The van der Waals surface area contributed by atoms with E-state index < -0.39 is 0 Å². The first-order chi connectivity index (χ1) is 13.6. The number of carbonyl (C=O) groups is 2. The van der Waals surface area contributed by atoms with Crippen LogP contribution in [0.1, 0.15) is 19.4 Å². The molecule has 3 rings (SSSR count). The van der Waals surface area contributed by atoms with Gasteiger partial charge in [-0.3, -0.25) is 14.5 Å². The second-order valence-electron chi connectivity index (χ2n) is 7.07. The summed E-state index contributed by atoms with van der Waals surface area (Å²) in [4.78, 5) is 30.7. The van der Waals surface area contributed by atoms with Crippen molar-refractivity contribution in [3.63, 3.8) is 0 Å². The lowest BCUT2D eigenvalue weighted by Gasteiger charge is -2.34. The Bertz CT molecular complexity index is 845. The van der Waals surface area contributed by atoms with Crippen molar-refractivity contribution in [2.24, 2.45) is 0 Å². The number of likely N-dealkylation sites (N-methyl/N-ethyl adjacent to an activating group) is 1. The van der Waals surface area contributed by atoms with Crippen molar-refractivity contribution in [2.75, 3.05) is 45.8 Å². The van der Waals surface area contributed by atoms with Crippen LogP contribution in [0.25, 0.3) is 16.8 Å². The molecule has 0 spiro atoms. The maximum Gasteiger partial charge on any atom is 0.246 e. The Hall–Kier alpha value is -2.66. The summed E-state index contributed by atoms with van der Waals surface area (Å²) in [6.07, 6.45) is 3.57. The Labute approximate surface area is 167 Å². The van der Waals surface area contributed by atoms with Gasteiger partial charge in [-0.1, -0.05) is 42.5 Å². The average Bonchev–Trinajstić information content (AvgIpc) is 2.73. The molecule has 0 radical (unpaired) electrons. The molecule has 1 heterocycles. The number of carbonyl (C=O) groups excluding carboxylic acids is 2. The highest BCUT2D eigenvalue weighted by Gasteiger charge is 2.22. The van der Waals surface area contributed by atoms with Gasteiger partial charge in [0.2, 0.25) is 11.8 Å². The minimum Gasteiger partial charge on any atom is -0.342 e. The van der Waals surface area contributed by atoms with E-state index in [0.29, 0.717) is 19.6 Å². The number of benzene rings is 2. The van der Waals surface area contributed by atoms with E-state index in [-0.39, 0.29) is 11.8 Å².